The zero-order valence-electron chi connectivity index (χ0n) is 12.6. The Labute approximate surface area is 139 Å². The minimum atomic E-state index is 0.441. The molecule has 1 aromatic carbocycles. The molecule has 2 fully saturated rings. The number of rotatable bonds is 2. The van der Waals surface area contributed by atoms with E-state index in [0.717, 1.165) is 11.6 Å². The van der Waals surface area contributed by atoms with Crippen molar-refractivity contribution < 1.29 is 0 Å². The molecule has 2 heterocycles. The molecule has 0 spiro atoms. The number of fused-ring (bicyclic) bond motifs is 3. The van der Waals surface area contributed by atoms with Gasteiger partial charge in [0.2, 0.25) is 0 Å². The number of hydrogen-bond acceptors (Lipinski definition) is 3. The van der Waals surface area contributed by atoms with E-state index in [1.807, 2.05) is 6.33 Å². The van der Waals surface area contributed by atoms with Crippen LogP contribution in [-0.2, 0) is 0 Å². The highest BCUT2D eigenvalue weighted by Crippen LogP contribution is 2.58. The summed E-state index contributed by atoms with van der Waals surface area (Å²) in [6.07, 6.45) is 7.28. The number of hydrogen-bond donors (Lipinski definition) is 0. The van der Waals surface area contributed by atoms with Gasteiger partial charge in [-0.25, -0.2) is 15.0 Å². The fourth-order valence-electron chi connectivity index (χ4n) is 4.78. The SMILES string of the molecule is Clc1ncnc2c1ncn2[C@H]1C[C@H]2C[C@@H]1[C@H](c1ccccc1)C2. The van der Waals surface area contributed by atoms with E-state index in [0.29, 0.717) is 28.5 Å². The molecule has 0 N–H and O–H groups in total. The van der Waals surface area contributed by atoms with Crippen molar-refractivity contribution >= 4 is 22.8 Å². The lowest BCUT2D eigenvalue weighted by atomic mass is 9.80. The van der Waals surface area contributed by atoms with Crippen LogP contribution in [0.1, 0.15) is 36.8 Å². The summed E-state index contributed by atoms with van der Waals surface area (Å²) in [5.41, 5.74) is 3.06. The number of aromatic nitrogens is 4. The third-order valence-corrected chi connectivity index (χ3v) is 5.95. The summed E-state index contributed by atoms with van der Waals surface area (Å²) in [5.74, 6) is 2.12. The molecule has 4 atom stereocenters. The second-order valence-electron chi connectivity index (χ2n) is 6.81. The molecule has 2 bridgehead atoms. The topological polar surface area (TPSA) is 43.6 Å². The number of benzene rings is 1. The second kappa shape index (κ2) is 5.03. The van der Waals surface area contributed by atoms with Crippen molar-refractivity contribution in [2.24, 2.45) is 11.8 Å². The van der Waals surface area contributed by atoms with E-state index in [9.17, 15) is 0 Å². The van der Waals surface area contributed by atoms with E-state index in [-0.39, 0.29) is 0 Å². The Morgan fingerprint density at radius 2 is 1.87 bits per heavy atom. The van der Waals surface area contributed by atoms with Gasteiger partial charge in [-0.15, -0.1) is 0 Å². The molecule has 5 heteroatoms. The smallest absolute Gasteiger partial charge is 0.165 e. The zero-order chi connectivity index (χ0) is 15.4. The summed E-state index contributed by atoms with van der Waals surface area (Å²) in [5, 5.41) is 0.441. The van der Waals surface area contributed by atoms with Crippen LogP contribution in [0.2, 0.25) is 5.15 Å². The molecule has 2 aliphatic carbocycles. The van der Waals surface area contributed by atoms with Crippen LogP contribution in [0.5, 0.6) is 0 Å². The van der Waals surface area contributed by atoms with Crippen LogP contribution in [0.4, 0.5) is 0 Å². The maximum absolute atomic E-state index is 6.15. The Kier molecular flexibility index (Phi) is 2.95. The first-order chi connectivity index (χ1) is 11.3. The molecule has 2 aromatic heterocycles. The second-order valence-corrected chi connectivity index (χ2v) is 7.17. The van der Waals surface area contributed by atoms with E-state index >= 15 is 0 Å². The van der Waals surface area contributed by atoms with E-state index in [4.69, 9.17) is 11.6 Å². The molecule has 5 rings (SSSR count). The fraction of sp³-hybridized carbons (Fsp3) is 0.389. The Bertz CT molecular complexity index is 860. The van der Waals surface area contributed by atoms with Gasteiger partial charge in [-0.05, 0) is 42.6 Å². The Hall–Kier alpha value is -1.94. The summed E-state index contributed by atoms with van der Waals surface area (Å²) >= 11 is 6.15. The van der Waals surface area contributed by atoms with Crippen LogP contribution in [0, 0.1) is 11.8 Å². The molecule has 0 saturated heterocycles. The van der Waals surface area contributed by atoms with Gasteiger partial charge in [-0.3, -0.25) is 0 Å². The van der Waals surface area contributed by atoms with Crippen molar-refractivity contribution in [2.75, 3.05) is 0 Å². The van der Waals surface area contributed by atoms with Crippen LogP contribution >= 0.6 is 11.6 Å². The van der Waals surface area contributed by atoms with Crippen molar-refractivity contribution in [1.29, 1.82) is 0 Å². The molecule has 2 aliphatic rings. The summed E-state index contributed by atoms with van der Waals surface area (Å²) in [6.45, 7) is 0. The lowest BCUT2D eigenvalue weighted by Gasteiger charge is -2.30. The van der Waals surface area contributed by atoms with Gasteiger partial charge in [0, 0.05) is 6.04 Å². The number of imidazole rings is 1. The highest BCUT2D eigenvalue weighted by Gasteiger charge is 2.47. The van der Waals surface area contributed by atoms with Crippen LogP contribution < -0.4 is 0 Å². The van der Waals surface area contributed by atoms with Crippen molar-refractivity contribution in [2.45, 2.75) is 31.2 Å². The maximum Gasteiger partial charge on any atom is 0.165 e. The lowest BCUT2D eigenvalue weighted by Crippen LogP contribution is -2.22. The minimum Gasteiger partial charge on any atom is -0.312 e. The van der Waals surface area contributed by atoms with Gasteiger partial charge in [0.15, 0.2) is 10.8 Å². The van der Waals surface area contributed by atoms with Crippen LogP contribution in [-0.4, -0.2) is 19.5 Å². The molecule has 3 aromatic rings. The molecule has 23 heavy (non-hydrogen) atoms. The van der Waals surface area contributed by atoms with Crippen LogP contribution in [0.3, 0.4) is 0 Å². The van der Waals surface area contributed by atoms with E-state index in [2.05, 4.69) is 49.9 Å². The van der Waals surface area contributed by atoms with E-state index in [1.165, 1.54) is 31.2 Å². The van der Waals surface area contributed by atoms with Gasteiger partial charge in [0.25, 0.3) is 0 Å². The molecule has 0 unspecified atom stereocenters. The lowest BCUT2D eigenvalue weighted by molar-refractivity contribution is 0.298. The molecular formula is C18H17ClN4. The zero-order valence-corrected chi connectivity index (χ0v) is 13.4. The summed E-state index contributed by atoms with van der Waals surface area (Å²) in [7, 11) is 0. The van der Waals surface area contributed by atoms with E-state index in [1.54, 1.807) is 0 Å². The largest absolute Gasteiger partial charge is 0.312 e. The van der Waals surface area contributed by atoms with Gasteiger partial charge < -0.3 is 4.57 Å². The summed E-state index contributed by atoms with van der Waals surface area (Å²) < 4.78 is 2.24. The first kappa shape index (κ1) is 13.5. The van der Waals surface area contributed by atoms with Crippen molar-refractivity contribution in [3.8, 4) is 0 Å². The van der Waals surface area contributed by atoms with E-state index < -0.39 is 0 Å². The minimum absolute atomic E-state index is 0.441. The van der Waals surface area contributed by atoms with Crippen molar-refractivity contribution in [1.82, 2.24) is 19.5 Å². The third-order valence-electron chi connectivity index (χ3n) is 5.68. The highest BCUT2D eigenvalue weighted by atomic mass is 35.5. The standard InChI is InChI=1S/C18H17ClN4/c19-17-16-18(21-9-20-17)23(10-22-16)15-8-11-6-13(14(15)7-11)12-4-2-1-3-5-12/h1-5,9-11,13-15H,6-8H2/t11-,13+,14-,15+/m1/s1. The van der Waals surface area contributed by atoms with Crippen molar-refractivity contribution in [3.05, 3.63) is 53.7 Å². The van der Waals surface area contributed by atoms with Crippen LogP contribution in [0.25, 0.3) is 11.2 Å². The third kappa shape index (κ3) is 2.01. The number of halogens is 1. The predicted molar refractivity (Wildman–Crippen MR) is 89.4 cm³/mol. The average Bonchev–Trinajstić information content (AvgIpc) is 3.29. The molecule has 4 nitrogen and oxygen atoms in total. The van der Waals surface area contributed by atoms with Gasteiger partial charge in [-0.1, -0.05) is 41.9 Å². The van der Waals surface area contributed by atoms with Gasteiger partial charge >= 0.3 is 0 Å². The highest BCUT2D eigenvalue weighted by molar-refractivity contribution is 6.33. The first-order valence-electron chi connectivity index (χ1n) is 8.19. The van der Waals surface area contributed by atoms with Gasteiger partial charge in [0.1, 0.15) is 11.8 Å². The first-order valence-corrected chi connectivity index (χ1v) is 8.57. The Morgan fingerprint density at radius 3 is 2.70 bits per heavy atom. The van der Waals surface area contributed by atoms with Gasteiger partial charge in [0.05, 0.1) is 6.33 Å². The summed E-state index contributed by atoms with van der Waals surface area (Å²) in [4.78, 5) is 12.9. The van der Waals surface area contributed by atoms with Gasteiger partial charge in [-0.2, -0.15) is 0 Å². The monoisotopic (exact) mass is 324 g/mol. The Balaban J connectivity index is 1.55. The molecular weight excluding hydrogens is 308 g/mol. The number of nitrogens with zero attached hydrogens (tertiary/aromatic N) is 4. The fourth-order valence-corrected chi connectivity index (χ4v) is 4.96. The molecule has 2 saturated carbocycles. The maximum atomic E-state index is 6.15. The normalized spacial score (nSPS) is 29.4. The average molecular weight is 325 g/mol. The molecule has 0 radical (unpaired) electrons. The quantitative estimate of drug-likeness (QED) is 0.662. The molecule has 116 valence electrons. The van der Waals surface area contributed by atoms with Crippen molar-refractivity contribution in [3.63, 3.8) is 0 Å². The Morgan fingerprint density at radius 1 is 1.00 bits per heavy atom. The molecule has 0 amide bonds. The molecule has 0 aliphatic heterocycles. The summed E-state index contributed by atoms with van der Waals surface area (Å²) in [6, 6.07) is 11.4. The predicted octanol–water partition coefficient (Wildman–Crippen LogP) is 4.23. The van der Waals surface area contributed by atoms with Crippen LogP contribution in [0.15, 0.2) is 43.0 Å².